The monoisotopic (exact) mass is 284 g/mol. The first-order valence-corrected chi connectivity index (χ1v) is 6.94. The number of hydrogen-bond donors (Lipinski definition) is 2. The molecule has 0 aromatic heterocycles. The Balaban J connectivity index is 1.67. The van der Waals surface area contributed by atoms with Gasteiger partial charge in [-0.1, -0.05) is 29.8 Å². The second-order valence-corrected chi connectivity index (χ2v) is 4.94. The van der Waals surface area contributed by atoms with Gasteiger partial charge >= 0.3 is 0 Å². The summed E-state index contributed by atoms with van der Waals surface area (Å²) >= 11 is 0. The summed E-state index contributed by atoms with van der Waals surface area (Å²) < 4.78 is 5.41. The van der Waals surface area contributed by atoms with Gasteiger partial charge in [0.05, 0.1) is 0 Å². The fourth-order valence-electron chi connectivity index (χ4n) is 1.86. The van der Waals surface area contributed by atoms with Gasteiger partial charge in [0, 0.05) is 12.2 Å². The third-order valence-electron chi connectivity index (χ3n) is 3.11. The Morgan fingerprint density at radius 1 is 1.10 bits per heavy atom. The number of amides is 1. The highest BCUT2D eigenvalue weighted by Gasteiger charge is 2.02. The SMILES string of the molecule is Cc1ccc(OCC(=O)NCCc2ccc(N)cc2)cc1. The van der Waals surface area contributed by atoms with E-state index in [0.29, 0.717) is 12.3 Å². The minimum absolute atomic E-state index is 0.0325. The fraction of sp³-hybridized carbons (Fsp3) is 0.235. The molecule has 3 N–H and O–H groups in total. The minimum atomic E-state index is -0.119. The molecule has 0 fully saturated rings. The van der Waals surface area contributed by atoms with Crippen LogP contribution in [0.4, 0.5) is 5.69 Å². The molecule has 21 heavy (non-hydrogen) atoms. The number of rotatable bonds is 6. The van der Waals surface area contributed by atoms with Crippen molar-refractivity contribution in [3.8, 4) is 5.75 Å². The van der Waals surface area contributed by atoms with Gasteiger partial charge in [0.25, 0.3) is 5.91 Å². The lowest BCUT2D eigenvalue weighted by molar-refractivity contribution is -0.123. The zero-order valence-corrected chi connectivity index (χ0v) is 12.1. The number of ether oxygens (including phenoxy) is 1. The summed E-state index contributed by atoms with van der Waals surface area (Å²) in [5.41, 5.74) is 8.67. The van der Waals surface area contributed by atoms with E-state index in [1.807, 2.05) is 55.5 Å². The van der Waals surface area contributed by atoms with Crippen molar-refractivity contribution in [2.75, 3.05) is 18.9 Å². The maximum Gasteiger partial charge on any atom is 0.257 e. The Labute approximate surface area is 124 Å². The van der Waals surface area contributed by atoms with Crippen molar-refractivity contribution < 1.29 is 9.53 Å². The van der Waals surface area contributed by atoms with E-state index in [4.69, 9.17) is 10.5 Å². The normalized spacial score (nSPS) is 10.1. The van der Waals surface area contributed by atoms with Gasteiger partial charge in [-0.25, -0.2) is 0 Å². The number of carbonyl (C=O) groups excluding carboxylic acids is 1. The maximum absolute atomic E-state index is 11.7. The summed E-state index contributed by atoms with van der Waals surface area (Å²) in [4.78, 5) is 11.7. The number of anilines is 1. The number of hydrogen-bond acceptors (Lipinski definition) is 3. The second-order valence-electron chi connectivity index (χ2n) is 4.94. The molecule has 0 heterocycles. The van der Waals surface area contributed by atoms with Gasteiger partial charge in [-0.05, 0) is 43.2 Å². The van der Waals surface area contributed by atoms with E-state index >= 15 is 0 Å². The summed E-state index contributed by atoms with van der Waals surface area (Å²) in [6, 6.07) is 15.3. The van der Waals surface area contributed by atoms with Crippen LogP contribution in [0.5, 0.6) is 5.75 Å². The predicted octanol–water partition coefficient (Wildman–Crippen LogP) is 2.31. The molecule has 0 aliphatic carbocycles. The van der Waals surface area contributed by atoms with Crippen molar-refractivity contribution >= 4 is 11.6 Å². The molecule has 4 nitrogen and oxygen atoms in total. The van der Waals surface area contributed by atoms with Gasteiger partial charge in [0.1, 0.15) is 5.75 Å². The fourth-order valence-corrected chi connectivity index (χ4v) is 1.86. The maximum atomic E-state index is 11.7. The zero-order chi connectivity index (χ0) is 15.1. The van der Waals surface area contributed by atoms with Crippen LogP contribution >= 0.6 is 0 Å². The highest BCUT2D eigenvalue weighted by atomic mass is 16.5. The van der Waals surface area contributed by atoms with Crippen LogP contribution in [0, 0.1) is 6.92 Å². The van der Waals surface area contributed by atoms with E-state index in [-0.39, 0.29) is 12.5 Å². The first kappa shape index (κ1) is 14.9. The topological polar surface area (TPSA) is 64.3 Å². The zero-order valence-electron chi connectivity index (χ0n) is 12.1. The van der Waals surface area contributed by atoms with Crippen LogP contribution in [-0.2, 0) is 11.2 Å². The average molecular weight is 284 g/mol. The molecule has 1 amide bonds. The first-order valence-electron chi connectivity index (χ1n) is 6.94. The van der Waals surface area contributed by atoms with Crippen molar-refractivity contribution in [2.45, 2.75) is 13.3 Å². The van der Waals surface area contributed by atoms with E-state index in [1.54, 1.807) is 0 Å². The molecule has 4 heteroatoms. The van der Waals surface area contributed by atoms with Gasteiger partial charge in [0.15, 0.2) is 6.61 Å². The van der Waals surface area contributed by atoms with E-state index in [2.05, 4.69) is 5.32 Å². The smallest absolute Gasteiger partial charge is 0.257 e. The Hall–Kier alpha value is -2.49. The molecule has 2 rings (SSSR count). The van der Waals surface area contributed by atoms with Crippen LogP contribution in [0.3, 0.4) is 0 Å². The van der Waals surface area contributed by atoms with Crippen molar-refractivity contribution in [3.05, 3.63) is 59.7 Å². The van der Waals surface area contributed by atoms with Crippen molar-refractivity contribution in [1.29, 1.82) is 0 Å². The Morgan fingerprint density at radius 2 is 1.76 bits per heavy atom. The largest absolute Gasteiger partial charge is 0.484 e. The molecule has 0 saturated carbocycles. The van der Waals surface area contributed by atoms with E-state index in [0.717, 1.165) is 23.2 Å². The summed E-state index contributed by atoms with van der Waals surface area (Å²) in [6.07, 6.45) is 0.774. The predicted molar refractivity (Wildman–Crippen MR) is 84.2 cm³/mol. The lowest BCUT2D eigenvalue weighted by Gasteiger charge is -2.08. The number of nitrogens with two attached hydrogens (primary N) is 1. The van der Waals surface area contributed by atoms with Gasteiger partial charge in [-0.2, -0.15) is 0 Å². The minimum Gasteiger partial charge on any atom is -0.484 e. The van der Waals surface area contributed by atoms with Crippen LogP contribution in [0.2, 0.25) is 0 Å². The standard InChI is InChI=1S/C17H20N2O2/c1-13-2-8-16(9-3-13)21-12-17(20)19-11-10-14-4-6-15(18)7-5-14/h2-9H,10-12,18H2,1H3,(H,19,20). The second kappa shape index (κ2) is 7.33. The molecule has 0 unspecified atom stereocenters. The summed E-state index contributed by atoms with van der Waals surface area (Å²) in [5.74, 6) is 0.584. The van der Waals surface area contributed by atoms with E-state index in [9.17, 15) is 4.79 Å². The molecule has 0 saturated heterocycles. The molecule has 0 aliphatic rings. The lowest BCUT2D eigenvalue weighted by atomic mass is 10.1. The third-order valence-corrected chi connectivity index (χ3v) is 3.11. The number of benzene rings is 2. The molecular weight excluding hydrogens is 264 g/mol. The molecule has 2 aromatic rings. The lowest BCUT2D eigenvalue weighted by Crippen LogP contribution is -2.30. The van der Waals surface area contributed by atoms with Gasteiger partial charge in [0.2, 0.25) is 0 Å². The molecular formula is C17H20N2O2. The summed E-state index contributed by atoms with van der Waals surface area (Å²) in [5, 5.41) is 2.83. The quantitative estimate of drug-likeness (QED) is 0.800. The molecule has 0 spiro atoms. The molecule has 0 radical (unpaired) electrons. The summed E-state index contributed by atoms with van der Waals surface area (Å²) in [7, 11) is 0. The van der Waals surface area contributed by atoms with Gasteiger partial charge in [-0.3, -0.25) is 4.79 Å². The Morgan fingerprint density at radius 3 is 2.43 bits per heavy atom. The van der Waals surface area contributed by atoms with Gasteiger partial charge in [-0.15, -0.1) is 0 Å². The van der Waals surface area contributed by atoms with Crippen LogP contribution in [0.25, 0.3) is 0 Å². The molecule has 0 aliphatic heterocycles. The van der Waals surface area contributed by atoms with Crippen LogP contribution in [-0.4, -0.2) is 19.1 Å². The van der Waals surface area contributed by atoms with Crippen LogP contribution in [0.1, 0.15) is 11.1 Å². The highest BCUT2D eigenvalue weighted by molar-refractivity contribution is 5.77. The Kier molecular flexibility index (Phi) is 5.21. The van der Waals surface area contributed by atoms with Crippen molar-refractivity contribution in [3.63, 3.8) is 0 Å². The molecule has 0 atom stereocenters. The third kappa shape index (κ3) is 5.18. The highest BCUT2D eigenvalue weighted by Crippen LogP contribution is 2.11. The van der Waals surface area contributed by atoms with Crippen LogP contribution < -0.4 is 15.8 Å². The summed E-state index contributed by atoms with van der Waals surface area (Å²) in [6.45, 7) is 2.62. The molecule has 110 valence electrons. The van der Waals surface area contributed by atoms with Crippen molar-refractivity contribution in [2.24, 2.45) is 0 Å². The number of carbonyl (C=O) groups is 1. The number of nitrogens with one attached hydrogen (secondary N) is 1. The number of nitrogen functional groups attached to an aromatic ring is 1. The van der Waals surface area contributed by atoms with E-state index < -0.39 is 0 Å². The Bertz CT molecular complexity index is 577. The average Bonchev–Trinajstić information content (AvgIpc) is 2.49. The first-order chi connectivity index (χ1) is 10.1. The molecule has 0 bridgehead atoms. The van der Waals surface area contributed by atoms with E-state index in [1.165, 1.54) is 0 Å². The number of aryl methyl sites for hydroxylation is 1. The molecule has 2 aromatic carbocycles. The van der Waals surface area contributed by atoms with Gasteiger partial charge < -0.3 is 15.8 Å². The van der Waals surface area contributed by atoms with Crippen molar-refractivity contribution in [1.82, 2.24) is 5.32 Å². The van der Waals surface area contributed by atoms with Crippen LogP contribution in [0.15, 0.2) is 48.5 Å².